The SMILES string of the molecule is NNC(=O)c1ccnn1C1CC1. The Labute approximate surface area is 69.5 Å². The van der Waals surface area contributed by atoms with E-state index in [9.17, 15) is 4.79 Å². The first-order chi connectivity index (χ1) is 5.83. The van der Waals surface area contributed by atoms with Gasteiger partial charge in [-0.15, -0.1) is 0 Å². The molecule has 0 unspecified atom stereocenters. The highest BCUT2D eigenvalue weighted by Crippen LogP contribution is 2.34. The number of carbonyl (C=O) groups excluding carboxylic acids is 1. The first-order valence-corrected chi connectivity index (χ1v) is 3.87. The van der Waals surface area contributed by atoms with Crippen molar-refractivity contribution in [3.8, 4) is 0 Å². The molecule has 0 radical (unpaired) electrons. The Balaban J connectivity index is 2.29. The molecule has 1 saturated carbocycles. The summed E-state index contributed by atoms with van der Waals surface area (Å²) in [6.07, 6.45) is 3.82. The fourth-order valence-electron chi connectivity index (χ4n) is 1.18. The summed E-state index contributed by atoms with van der Waals surface area (Å²) in [4.78, 5) is 11.1. The van der Waals surface area contributed by atoms with Gasteiger partial charge in [0.05, 0.1) is 6.04 Å². The number of aromatic nitrogens is 2. The first-order valence-electron chi connectivity index (χ1n) is 3.87. The van der Waals surface area contributed by atoms with E-state index in [2.05, 4.69) is 10.5 Å². The monoisotopic (exact) mass is 166 g/mol. The Hall–Kier alpha value is -1.36. The second-order valence-electron chi connectivity index (χ2n) is 2.87. The number of nitrogens with zero attached hydrogens (tertiary/aromatic N) is 2. The van der Waals surface area contributed by atoms with E-state index in [0.29, 0.717) is 11.7 Å². The van der Waals surface area contributed by atoms with Crippen molar-refractivity contribution in [1.29, 1.82) is 0 Å². The molecule has 64 valence electrons. The Kier molecular flexibility index (Phi) is 1.58. The Morgan fingerprint density at radius 3 is 3.08 bits per heavy atom. The summed E-state index contributed by atoms with van der Waals surface area (Å²) < 4.78 is 1.72. The summed E-state index contributed by atoms with van der Waals surface area (Å²) in [6.45, 7) is 0. The molecule has 1 aromatic rings. The van der Waals surface area contributed by atoms with Gasteiger partial charge in [-0.2, -0.15) is 5.10 Å². The van der Waals surface area contributed by atoms with Gasteiger partial charge in [-0.25, -0.2) is 5.84 Å². The van der Waals surface area contributed by atoms with Gasteiger partial charge in [-0.3, -0.25) is 14.9 Å². The van der Waals surface area contributed by atoms with E-state index in [4.69, 9.17) is 5.84 Å². The van der Waals surface area contributed by atoms with Crippen LogP contribution in [0.15, 0.2) is 12.3 Å². The fourth-order valence-corrected chi connectivity index (χ4v) is 1.18. The maximum absolute atomic E-state index is 11.1. The molecule has 0 bridgehead atoms. The maximum Gasteiger partial charge on any atom is 0.283 e. The van der Waals surface area contributed by atoms with Gasteiger partial charge in [0.1, 0.15) is 5.69 Å². The molecule has 12 heavy (non-hydrogen) atoms. The summed E-state index contributed by atoms with van der Waals surface area (Å²) in [5.41, 5.74) is 2.63. The molecule has 2 rings (SSSR count). The predicted octanol–water partition coefficient (Wildman–Crippen LogP) is -0.179. The zero-order valence-corrected chi connectivity index (χ0v) is 6.53. The van der Waals surface area contributed by atoms with Crippen LogP contribution in [-0.2, 0) is 0 Å². The van der Waals surface area contributed by atoms with Crippen LogP contribution in [0.2, 0.25) is 0 Å². The third-order valence-electron chi connectivity index (χ3n) is 1.93. The van der Waals surface area contributed by atoms with E-state index in [0.717, 1.165) is 12.8 Å². The van der Waals surface area contributed by atoms with Crippen LogP contribution < -0.4 is 11.3 Å². The van der Waals surface area contributed by atoms with Crippen LogP contribution in [0, 0.1) is 0 Å². The van der Waals surface area contributed by atoms with Crippen molar-refractivity contribution in [1.82, 2.24) is 15.2 Å². The van der Waals surface area contributed by atoms with Crippen molar-refractivity contribution in [3.63, 3.8) is 0 Å². The van der Waals surface area contributed by atoms with Crippen LogP contribution in [-0.4, -0.2) is 15.7 Å². The molecular formula is C7H10N4O. The van der Waals surface area contributed by atoms with Crippen molar-refractivity contribution < 1.29 is 4.79 Å². The zero-order chi connectivity index (χ0) is 8.55. The summed E-state index contributed by atoms with van der Waals surface area (Å²) in [5.74, 6) is 4.73. The minimum Gasteiger partial charge on any atom is -0.289 e. The van der Waals surface area contributed by atoms with E-state index in [1.807, 2.05) is 0 Å². The number of hydrazine groups is 1. The van der Waals surface area contributed by atoms with E-state index in [1.54, 1.807) is 16.9 Å². The molecule has 0 spiro atoms. The van der Waals surface area contributed by atoms with E-state index < -0.39 is 0 Å². The number of nitrogen functional groups attached to an aromatic ring is 1. The molecule has 1 aromatic heterocycles. The Morgan fingerprint density at radius 2 is 2.50 bits per heavy atom. The minimum absolute atomic E-state index is 0.278. The number of nitrogens with one attached hydrogen (secondary N) is 1. The van der Waals surface area contributed by atoms with Gasteiger partial charge in [0.25, 0.3) is 5.91 Å². The summed E-state index contributed by atoms with van der Waals surface area (Å²) in [5, 5.41) is 4.05. The summed E-state index contributed by atoms with van der Waals surface area (Å²) in [7, 11) is 0. The maximum atomic E-state index is 11.1. The van der Waals surface area contributed by atoms with E-state index in [-0.39, 0.29) is 5.91 Å². The largest absolute Gasteiger partial charge is 0.289 e. The highest BCUT2D eigenvalue weighted by Gasteiger charge is 2.27. The van der Waals surface area contributed by atoms with Gasteiger partial charge in [-0.1, -0.05) is 0 Å². The number of rotatable bonds is 2. The number of carbonyl (C=O) groups is 1. The normalized spacial score (nSPS) is 16.1. The zero-order valence-electron chi connectivity index (χ0n) is 6.53. The van der Waals surface area contributed by atoms with Crippen molar-refractivity contribution in [3.05, 3.63) is 18.0 Å². The quantitative estimate of drug-likeness (QED) is 0.363. The van der Waals surface area contributed by atoms with Gasteiger partial charge in [0.2, 0.25) is 0 Å². The third-order valence-corrected chi connectivity index (χ3v) is 1.93. The smallest absolute Gasteiger partial charge is 0.283 e. The predicted molar refractivity (Wildman–Crippen MR) is 42.2 cm³/mol. The van der Waals surface area contributed by atoms with Crippen LogP contribution in [0.5, 0.6) is 0 Å². The van der Waals surface area contributed by atoms with Crippen molar-refractivity contribution >= 4 is 5.91 Å². The lowest BCUT2D eigenvalue weighted by Crippen LogP contribution is -2.31. The number of amides is 1. The van der Waals surface area contributed by atoms with Crippen molar-refractivity contribution in [2.45, 2.75) is 18.9 Å². The molecule has 3 N–H and O–H groups in total. The van der Waals surface area contributed by atoms with Gasteiger partial charge in [0.15, 0.2) is 0 Å². The van der Waals surface area contributed by atoms with Crippen LogP contribution >= 0.6 is 0 Å². The molecule has 0 saturated heterocycles. The molecule has 0 atom stereocenters. The fraction of sp³-hybridized carbons (Fsp3) is 0.429. The number of hydrogen-bond donors (Lipinski definition) is 2. The highest BCUT2D eigenvalue weighted by molar-refractivity contribution is 5.92. The lowest BCUT2D eigenvalue weighted by atomic mass is 10.4. The average molecular weight is 166 g/mol. The van der Waals surface area contributed by atoms with Crippen molar-refractivity contribution in [2.75, 3.05) is 0 Å². The highest BCUT2D eigenvalue weighted by atomic mass is 16.2. The topological polar surface area (TPSA) is 72.9 Å². The second-order valence-corrected chi connectivity index (χ2v) is 2.87. The van der Waals surface area contributed by atoms with Gasteiger partial charge in [0, 0.05) is 6.20 Å². The summed E-state index contributed by atoms with van der Waals surface area (Å²) >= 11 is 0. The Morgan fingerprint density at radius 1 is 1.75 bits per heavy atom. The lowest BCUT2D eigenvalue weighted by molar-refractivity contribution is 0.0942. The van der Waals surface area contributed by atoms with E-state index in [1.165, 1.54) is 0 Å². The lowest BCUT2D eigenvalue weighted by Gasteiger charge is -2.02. The van der Waals surface area contributed by atoms with Crippen LogP contribution in [0.3, 0.4) is 0 Å². The van der Waals surface area contributed by atoms with E-state index >= 15 is 0 Å². The van der Waals surface area contributed by atoms with Crippen molar-refractivity contribution in [2.24, 2.45) is 5.84 Å². The number of nitrogens with two attached hydrogens (primary N) is 1. The molecular weight excluding hydrogens is 156 g/mol. The number of hydrogen-bond acceptors (Lipinski definition) is 3. The first kappa shape index (κ1) is 7.30. The van der Waals surface area contributed by atoms with Crippen LogP contribution in [0.1, 0.15) is 29.4 Å². The Bertz CT molecular complexity index is 302. The molecule has 1 amide bonds. The standard InChI is InChI=1S/C7H10N4O/c8-10-7(12)6-3-4-9-11(6)5-1-2-5/h3-5H,1-2,8H2,(H,10,12). The van der Waals surface area contributed by atoms with Gasteiger partial charge >= 0.3 is 0 Å². The van der Waals surface area contributed by atoms with Gasteiger partial charge < -0.3 is 0 Å². The summed E-state index contributed by atoms with van der Waals surface area (Å²) in [6, 6.07) is 2.08. The molecule has 0 aromatic carbocycles. The average Bonchev–Trinajstić information content (AvgIpc) is 2.83. The minimum atomic E-state index is -0.278. The van der Waals surface area contributed by atoms with Crippen LogP contribution in [0.4, 0.5) is 0 Å². The molecule has 1 aliphatic rings. The third kappa shape index (κ3) is 1.08. The van der Waals surface area contributed by atoms with Crippen LogP contribution in [0.25, 0.3) is 0 Å². The molecule has 5 heteroatoms. The molecule has 5 nitrogen and oxygen atoms in total. The molecule has 1 fully saturated rings. The van der Waals surface area contributed by atoms with Gasteiger partial charge in [-0.05, 0) is 18.9 Å². The molecule has 1 aliphatic carbocycles. The molecule has 0 aliphatic heterocycles. The molecule has 1 heterocycles. The second kappa shape index (κ2) is 2.60.